The summed E-state index contributed by atoms with van der Waals surface area (Å²) in [6, 6.07) is 0. The van der Waals surface area contributed by atoms with Crippen LogP contribution in [0.4, 0.5) is 0 Å². The van der Waals surface area contributed by atoms with E-state index in [1.54, 1.807) is 0 Å². The van der Waals surface area contributed by atoms with Crippen LogP contribution >= 0.6 is 0 Å². The zero-order valence-electron chi connectivity index (χ0n) is 26.8. The lowest BCUT2D eigenvalue weighted by Crippen LogP contribution is -2.32. The van der Waals surface area contributed by atoms with Gasteiger partial charge in [-0.2, -0.15) is 0 Å². The molecule has 9 atom stereocenters. The molecular formula is C35H56O8. The Hall–Kier alpha value is -1.74. The first-order valence-electron chi connectivity index (χ1n) is 17.1. The van der Waals surface area contributed by atoms with Crippen LogP contribution < -0.4 is 0 Å². The van der Waals surface area contributed by atoms with Crippen LogP contribution in [0.5, 0.6) is 0 Å². The number of rotatable bonds is 15. The van der Waals surface area contributed by atoms with E-state index in [4.69, 9.17) is 28.4 Å². The van der Waals surface area contributed by atoms with Crippen molar-refractivity contribution in [1.82, 2.24) is 0 Å². The Balaban J connectivity index is 1.52. The van der Waals surface area contributed by atoms with Crippen LogP contribution in [0.15, 0.2) is 24.3 Å². The number of hydrogen-bond donors (Lipinski definition) is 0. The third-order valence-electron chi connectivity index (χ3n) is 9.80. The number of methoxy groups -OCH3 is 1. The smallest absolute Gasteiger partial charge is 0.305 e. The van der Waals surface area contributed by atoms with Crippen LogP contribution in [0.3, 0.4) is 0 Å². The maximum atomic E-state index is 12.2. The summed E-state index contributed by atoms with van der Waals surface area (Å²) in [7, 11) is 1.42. The van der Waals surface area contributed by atoms with Crippen molar-refractivity contribution in [2.24, 2.45) is 23.7 Å². The fourth-order valence-corrected chi connectivity index (χ4v) is 7.33. The average Bonchev–Trinajstić information content (AvgIpc) is 3.62. The normalized spacial score (nSPS) is 34.1. The average molecular weight is 605 g/mol. The fourth-order valence-electron chi connectivity index (χ4n) is 7.33. The molecule has 0 spiro atoms. The molecule has 2 saturated heterocycles. The molecule has 0 bridgehead atoms. The molecule has 4 unspecified atom stereocenters. The summed E-state index contributed by atoms with van der Waals surface area (Å²) in [4.78, 5) is 23.7. The Morgan fingerprint density at radius 1 is 0.930 bits per heavy atom. The first-order chi connectivity index (χ1) is 21.0. The fraction of sp³-hybridized carbons (Fsp3) is 0.829. The van der Waals surface area contributed by atoms with E-state index in [-0.39, 0.29) is 54.7 Å². The summed E-state index contributed by atoms with van der Waals surface area (Å²) in [5.41, 5.74) is 0. The third-order valence-corrected chi connectivity index (χ3v) is 9.80. The minimum absolute atomic E-state index is 0.00600. The second-order valence-corrected chi connectivity index (χ2v) is 12.9. The van der Waals surface area contributed by atoms with Crippen molar-refractivity contribution in [1.29, 1.82) is 0 Å². The van der Waals surface area contributed by atoms with Gasteiger partial charge in [0.1, 0.15) is 6.10 Å². The number of ether oxygens (including phenoxy) is 6. The van der Waals surface area contributed by atoms with E-state index in [0.717, 1.165) is 76.9 Å². The standard InChI is InChI=1S/C35H56O8/c1-4-26-17-18-27(23-26)30(42-34-15-9-11-21-39-34)20-19-29-28(13-7-5-6-8-14-33(37)38-3)31(41-25(2)36)24-32(29)43-35-16-10-12-22-40-35/h5,7,19-20,26-32,34-35H,4,6,8-18,21-24H2,1-3H3/b7-5-,20-19+/t26?,27?,28-,29-,30-,31+,32-,34?,35?/m1/s1. The topological polar surface area (TPSA) is 89.5 Å². The Kier molecular flexibility index (Phi) is 14.5. The maximum absolute atomic E-state index is 12.2. The van der Waals surface area contributed by atoms with Crippen molar-refractivity contribution in [3.05, 3.63) is 24.3 Å². The minimum atomic E-state index is -0.262. The number of esters is 2. The molecule has 43 heavy (non-hydrogen) atoms. The van der Waals surface area contributed by atoms with Gasteiger partial charge in [0.05, 0.1) is 19.3 Å². The minimum Gasteiger partial charge on any atom is -0.469 e. The van der Waals surface area contributed by atoms with Gasteiger partial charge in [-0.25, -0.2) is 0 Å². The van der Waals surface area contributed by atoms with Gasteiger partial charge in [-0.3, -0.25) is 9.59 Å². The quantitative estimate of drug-likeness (QED) is 0.112. The maximum Gasteiger partial charge on any atom is 0.305 e. The predicted octanol–water partition coefficient (Wildman–Crippen LogP) is 7.05. The summed E-state index contributed by atoms with van der Waals surface area (Å²) in [5, 5.41) is 0. The lowest BCUT2D eigenvalue weighted by Gasteiger charge is -2.31. The highest BCUT2D eigenvalue weighted by atomic mass is 16.7. The van der Waals surface area contributed by atoms with Gasteiger partial charge < -0.3 is 28.4 Å². The third kappa shape index (κ3) is 11.0. The van der Waals surface area contributed by atoms with Crippen molar-refractivity contribution < 1.29 is 38.0 Å². The molecule has 0 aromatic carbocycles. The van der Waals surface area contributed by atoms with Crippen molar-refractivity contribution in [2.45, 2.75) is 141 Å². The predicted molar refractivity (Wildman–Crippen MR) is 164 cm³/mol. The highest BCUT2D eigenvalue weighted by Crippen LogP contribution is 2.42. The van der Waals surface area contributed by atoms with Crippen LogP contribution in [0.25, 0.3) is 0 Å². The molecule has 4 rings (SSSR count). The molecular weight excluding hydrogens is 548 g/mol. The lowest BCUT2D eigenvalue weighted by atomic mass is 9.88. The van der Waals surface area contributed by atoms with E-state index < -0.39 is 0 Å². The van der Waals surface area contributed by atoms with Gasteiger partial charge in [0.25, 0.3) is 0 Å². The van der Waals surface area contributed by atoms with Crippen LogP contribution in [-0.4, -0.2) is 63.2 Å². The van der Waals surface area contributed by atoms with E-state index in [1.807, 2.05) is 0 Å². The van der Waals surface area contributed by atoms with E-state index in [1.165, 1.54) is 39.7 Å². The van der Waals surface area contributed by atoms with Gasteiger partial charge in [0.15, 0.2) is 12.6 Å². The summed E-state index contributed by atoms with van der Waals surface area (Å²) >= 11 is 0. The van der Waals surface area contributed by atoms with Gasteiger partial charge in [0.2, 0.25) is 0 Å². The molecule has 2 heterocycles. The molecule has 8 heteroatoms. The molecule has 4 aliphatic rings. The first-order valence-corrected chi connectivity index (χ1v) is 17.1. The Labute approximate surface area is 259 Å². The summed E-state index contributed by atoms with van der Waals surface area (Å²) in [6.07, 6.45) is 22.6. The van der Waals surface area contributed by atoms with Crippen LogP contribution in [-0.2, 0) is 38.0 Å². The molecule has 0 N–H and O–H groups in total. The Bertz CT molecular complexity index is 890. The van der Waals surface area contributed by atoms with Gasteiger partial charge in [-0.05, 0) is 82.5 Å². The molecule has 244 valence electrons. The van der Waals surface area contributed by atoms with Gasteiger partial charge >= 0.3 is 11.9 Å². The molecule has 2 saturated carbocycles. The summed E-state index contributed by atoms with van der Waals surface area (Å²) in [5.74, 6) is 0.916. The lowest BCUT2D eigenvalue weighted by molar-refractivity contribution is -0.193. The molecule has 0 aromatic heterocycles. The van der Waals surface area contributed by atoms with Gasteiger partial charge in [-0.15, -0.1) is 0 Å². The molecule has 8 nitrogen and oxygen atoms in total. The van der Waals surface area contributed by atoms with E-state index in [0.29, 0.717) is 18.8 Å². The second kappa shape index (κ2) is 18.3. The highest BCUT2D eigenvalue weighted by molar-refractivity contribution is 5.69. The van der Waals surface area contributed by atoms with E-state index >= 15 is 0 Å². The molecule has 2 aliphatic heterocycles. The van der Waals surface area contributed by atoms with Crippen molar-refractivity contribution >= 4 is 11.9 Å². The van der Waals surface area contributed by atoms with Crippen molar-refractivity contribution in [2.75, 3.05) is 20.3 Å². The summed E-state index contributed by atoms with van der Waals surface area (Å²) in [6.45, 7) is 5.27. The highest BCUT2D eigenvalue weighted by Gasteiger charge is 2.45. The number of hydrogen-bond acceptors (Lipinski definition) is 8. The second-order valence-electron chi connectivity index (χ2n) is 12.9. The molecule has 2 aliphatic carbocycles. The van der Waals surface area contributed by atoms with E-state index in [9.17, 15) is 9.59 Å². The number of unbranched alkanes of at least 4 members (excludes halogenated alkanes) is 1. The number of allylic oxidation sites excluding steroid dienone is 2. The van der Waals surface area contributed by atoms with Crippen LogP contribution in [0, 0.1) is 23.7 Å². The molecule has 0 aromatic rings. The molecule has 0 radical (unpaired) electrons. The molecule has 0 amide bonds. The Morgan fingerprint density at radius 3 is 2.35 bits per heavy atom. The van der Waals surface area contributed by atoms with Crippen LogP contribution in [0.1, 0.15) is 110 Å². The van der Waals surface area contributed by atoms with Crippen molar-refractivity contribution in [3.8, 4) is 0 Å². The van der Waals surface area contributed by atoms with E-state index in [2.05, 4.69) is 31.2 Å². The van der Waals surface area contributed by atoms with Crippen LogP contribution in [0.2, 0.25) is 0 Å². The SMILES string of the molecule is CCC1CCC([C@@H](/C=C/[C@@H]2[C@@H](C/C=C\CCCC(=O)OC)[C@@H](OC(C)=O)C[C@H]2OC2CCCCO2)OC2CCCCO2)C1. The Morgan fingerprint density at radius 2 is 1.70 bits per heavy atom. The number of carbonyl (C=O) groups is 2. The summed E-state index contributed by atoms with van der Waals surface area (Å²) < 4.78 is 36.0. The zero-order valence-corrected chi connectivity index (χ0v) is 26.8. The molecule has 4 fully saturated rings. The first kappa shape index (κ1) is 34.1. The van der Waals surface area contributed by atoms with Gasteiger partial charge in [-0.1, -0.05) is 44.1 Å². The monoisotopic (exact) mass is 604 g/mol. The largest absolute Gasteiger partial charge is 0.469 e. The van der Waals surface area contributed by atoms with Crippen molar-refractivity contribution in [3.63, 3.8) is 0 Å². The van der Waals surface area contributed by atoms with Gasteiger partial charge in [0, 0.05) is 44.8 Å². The zero-order chi connectivity index (χ0) is 30.4. The number of carbonyl (C=O) groups excluding carboxylic acids is 2.